The zero-order chi connectivity index (χ0) is 17.5. The van der Waals surface area contributed by atoms with Crippen LogP contribution in [0.1, 0.15) is 103 Å². The van der Waals surface area contributed by atoms with Crippen LogP contribution in [0.4, 0.5) is 0 Å². The molecule has 1 rings (SSSR count). The first-order valence-electron chi connectivity index (χ1n) is 10.5. The lowest BCUT2D eigenvalue weighted by atomic mass is 9.76. The second kappa shape index (κ2) is 13.6. The highest BCUT2D eigenvalue weighted by Gasteiger charge is 2.42. The fourth-order valence-electron chi connectivity index (χ4n) is 3.98. The zero-order valence-corrected chi connectivity index (χ0v) is 16.1. The highest BCUT2D eigenvalue weighted by molar-refractivity contribution is 5.48. The van der Waals surface area contributed by atoms with E-state index >= 15 is 0 Å². The van der Waals surface area contributed by atoms with E-state index in [-0.39, 0.29) is 5.60 Å². The summed E-state index contributed by atoms with van der Waals surface area (Å²) in [6, 6.07) is 0. The maximum absolute atomic E-state index is 10.2. The summed E-state index contributed by atoms with van der Waals surface area (Å²) in [5.74, 6) is 0.551. The molecule has 0 aromatic heterocycles. The number of aldehydes is 1. The summed E-state index contributed by atoms with van der Waals surface area (Å²) in [6.45, 7) is 7.23. The number of carbonyl (C=O) groups excluding carboxylic acids is 1. The molecule has 0 aromatic carbocycles. The predicted molar refractivity (Wildman–Crippen MR) is 103 cm³/mol. The molecule has 1 aliphatic rings. The largest absolute Gasteiger partial charge is 0.374 e. The van der Waals surface area contributed by atoms with Crippen LogP contribution in [0.15, 0.2) is 12.7 Å². The molecule has 24 heavy (non-hydrogen) atoms. The lowest BCUT2D eigenvalue weighted by Gasteiger charge is -2.46. The van der Waals surface area contributed by atoms with E-state index in [1.54, 1.807) is 0 Å². The number of rotatable bonds is 17. The van der Waals surface area contributed by atoms with Crippen molar-refractivity contribution < 1.29 is 9.53 Å². The van der Waals surface area contributed by atoms with Gasteiger partial charge in [-0.15, -0.1) is 6.58 Å². The fourth-order valence-corrected chi connectivity index (χ4v) is 3.98. The first kappa shape index (κ1) is 21.4. The molecule has 0 amide bonds. The summed E-state index contributed by atoms with van der Waals surface area (Å²) in [4.78, 5) is 10.2. The molecule has 2 nitrogen and oxygen atoms in total. The first-order chi connectivity index (χ1) is 11.8. The van der Waals surface area contributed by atoms with Crippen LogP contribution in [0.3, 0.4) is 0 Å². The molecule has 0 saturated carbocycles. The Labute approximate surface area is 150 Å². The monoisotopic (exact) mass is 336 g/mol. The SMILES string of the molecule is C=CC(CCCCCCCCCCCCCC=O)C1(CC)CCO1. The number of unbranched alkanes of at least 4 members (excludes halogenated alkanes) is 11. The normalized spacial score (nSPS) is 21.2. The highest BCUT2D eigenvalue weighted by Crippen LogP contribution is 2.40. The number of hydrogen-bond acceptors (Lipinski definition) is 2. The predicted octanol–water partition coefficient (Wildman–Crippen LogP) is 6.63. The maximum Gasteiger partial charge on any atom is 0.119 e. The van der Waals surface area contributed by atoms with Crippen LogP contribution in [-0.4, -0.2) is 18.5 Å². The van der Waals surface area contributed by atoms with E-state index in [0.29, 0.717) is 5.92 Å². The van der Waals surface area contributed by atoms with E-state index in [1.165, 1.54) is 77.0 Å². The minimum absolute atomic E-state index is 0.132. The fraction of sp³-hybridized carbons (Fsp3) is 0.864. The van der Waals surface area contributed by atoms with Gasteiger partial charge in [-0.25, -0.2) is 0 Å². The van der Waals surface area contributed by atoms with Crippen LogP contribution < -0.4 is 0 Å². The Morgan fingerprint density at radius 3 is 1.83 bits per heavy atom. The van der Waals surface area contributed by atoms with Gasteiger partial charge < -0.3 is 9.53 Å². The second-order valence-electron chi connectivity index (χ2n) is 7.49. The summed E-state index contributed by atoms with van der Waals surface area (Å²) in [5.41, 5.74) is 0.132. The molecule has 2 heteroatoms. The minimum Gasteiger partial charge on any atom is -0.374 e. The molecule has 0 radical (unpaired) electrons. The molecule has 1 saturated heterocycles. The van der Waals surface area contributed by atoms with Gasteiger partial charge in [0.2, 0.25) is 0 Å². The van der Waals surface area contributed by atoms with E-state index in [1.807, 2.05) is 0 Å². The van der Waals surface area contributed by atoms with Gasteiger partial charge in [0, 0.05) is 18.8 Å². The van der Waals surface area contributed by atoms with E-state index in [4.69, 9.17) is 4.74 Å². The first-order valence-corrected chi connectivity index (χ1v) is 10.5. The number of carbonyl (C=O) groups is 1. The van der Waals surface area contributed by atoms with Gasteiger partial charge in [-0.1, -0.05) is 77.2 Å². The Hall–Kier alpha value is -0.630. The van der Waals surface area contributed by atoms with Crippen LogP contribution in [0, 0.1) is 5.92 Å². The molecule has 140 valence electrons. The molecule has 0 aromatic rings. The van der Waals surface area contributed by atoms with Crippen LogP contribution in [0.2, 0.25) is 0 Å². The topological polar surface area (TPSA) is 26.3 Å². The van der Waals surface area contributed by atoms with Crippen molar-refractivity contribution in [3.05, 3.63) is 12.7 Å². The minimum atomic E-state index is 0.132. The van der Waals surface area contributed by atoms with Crippen molar-refractivity contribution in [3.63, 3.8) is 0 Å². The molecule has 0 N–H and O–H groups in total. The molecule has 2 atom stereocenters. The Kier molecular flexibility index (Phi) is 12.2. The van der Waals surface area contributed by atoms with Crippen molar-refractivity contribution >= 4 is 6.29 Å². The molecule has 2 unspecified atom stereocenters. The van der Waals surface area contributed by atoms with Gasteiger partial charge in [0.15, 0.2) is 0 Å². The second-order valence-corrected chi connectivity index (χ2v) is 7.49. The van der Waals surface area contributed by atoms with Crippen LogP contribution in [0.25, 0.3) is 0 Å². The average Bonchev–Trinajstić information content (AvgIpc) is 2.56. The summed E-state index contributed by atoms with van der Waals surface area (Å²) in [5, 5.41) is 0. The van der Waals surface area contributed by atoms with Crippen molar-refractivity contribution in [3.8, 4) is 0 Å². The lowest BCUT2D eigenvalue weighted by molar-refractivity contribution is -0.174. The molecule has 1 heterocycles. The number of ether oxygens (including phenoxy) is 1. The van der Waals surface area contributed by atoms with Crippen molar-refractivity contribution in [1.82, 2.24) is 0 Å². The summed E-state index contributed by atoms with van der Waals surface area (Å²) < 4.78 is 5.90. The van der Waals surface area contributed by atoms with E-state index in [9.17, 15) is 4.79 Å². The smallest absolute Gasteiger partial charge is 0.119 e. The molecule has 0 spiro atoms. The summed E-state index contributed by atoms with van der Waals surface area (Å²) in [7, 11) is 0. The van der Waals surface area contributed by atoms with Crippen molar-refractivity contribution in [2.45, 2.75) is 109 Å². The quantitative estimate of drug-likeness (QED) is 0.169. The Bertz CT molecular complexity index is 314. The number of hydrogen-bond donors (Lipinski definition) is 0. The van der Waals surface area contributed by atoms with Gasteiger partial charge >= 0.3 is 0 Å². The van der Waals surface area contributed by atoms with Gasteiger partial charge in [-0.05, 0) is 19.3 Å². The van der Waals surface area contributed by atoms with Gasteiger partial charge in [-0.3, -0.25) is 0 Å². The molecular weight excluding hydrogens is 296 g/mol. The third kappa shape index (κ3) is 7.96. The molecule has 0 bridgehead atoms. The zero-order valence-electron chi connectivity index (χ0n) is 16.1. The van der Waals surface area contributed by atoms with Gasteiger partial charge in [0.25, 0.3) is 0 Å². The van der Waals surface area contributed by atoms with E-state index in [2.05, 4.69) is 19.6 Å². The van der Waals surface area contributed by atoms with Crippen LogP contribution >= 0.6 is 0 Å². The summed E-state index contributed by atoms with van der Waals surface area (Å²) >= 11 is 0. The molecule has 1 aliphatic heterocycles. The Morgan fingerprint density at radius 2 is 1.46 bits per heavy atom. The van der Waals surface area contributed by atoms with Crippen molar-refractivity contribution in [2.75, 3.05) is 6.61 Å². The maximum atomic E-state index is 10.2. The van der Waals surface area contributed by atoms with Crippen LogP contribution in [-0.2, 0) is 9.53 Å². The lowest BCUT2D eigenvalue weighted by Crippen LogP contribution is -2.48. The van der Waals surface area contributed by atoms with Gasteiger partial charge in [-0.2, -0.15) is 0 Å². The van der Waals surface area contributed by atoms with E-state index in [0.717, 1.165) is 32.2 Å². The van der Waals surface area contributed by atoms with Crippen LogP contribution in [0.5, 0.6) is 0 Å². The van der Waals surface area contributed by atoms with Gasteiger partial charge in [0.05, 0.1) is 12.2 Å². The van der Waals surface area contributed by atoms with Crippen molar-refractivity contribution in [1.29, 1.82) is 0 Å². The Morgan fingerprint density at radius 1 is 0.958 bits per heavy atom. The van der Waals surface area contributed by atoms with Crippen molar-refractivity contribution in [2.24, 2.45) is 5.92 Å². The molecule has 0 aliphatic carbocycles. The van der Waals surface area contributed by atoms with E-state index < -0.39 is 0 Å². The standard InChI is InChI=1S/C22H40O2/c1-3-21(22(4-2)18-20-24-22)17-15-13-11-9-7-5-6-8-10-12-14-16-19-23/h3,19,21H,1,4-18,20H2,2H3. The Balaban J connectivity index is 1.88. The highest BCUT2D eigenvalue weighted by atomic mass is 16.5. The third-order valence-corrected chi connectivity index (χ3v) is 5.81. The van der Waals surface area contributed by atoms with Gasteiger partial charge in [0.1, 0.15) is 6.29 Å². The molecular formula is C22H40O2. The summed E-state index contributed by atoms with van der Waals surface area (Å²) in [6.07, 6.45) is 22.1. The third-order valence-electron chi connectivity index (χ3n) is 5.81. The molecule has 1 fully saturated rings. The average molecular weight is 337 g/mol.